The van der Waals surface area contributed by atoms with Crippen molar-refractivity contribution in [1.29, 1.82) is 0 Å². The summed E-state index contributed by atoms with van der Waals surface area (Å²) in [5.41, 5.74) is 2.32. The molecule has 0 aromatic heterocycles. The van der Waals surface area contributed by atoms with Crippen LogP contribution in [-0.2, 0) is 0 Å². The first-order valence-corrected chi connectivity index (χ1v) is 13.2. The summed E-state index contributed by atoms with van der Waals surface area (Å²) in [5.74, 6) is 2.81. The van der Waals surface area contributed by atoms with E-state index < -0.39 is 0 Å². The quantitative estimate of drug-likeness (QED) is 0.217. The van der Waals surface area contributed by atoms with Gasteiger partial charge in [0.15, 0.2) is 0 Å². The van der Waals surface area contributed by atoms with Crippen LogP contribution in [0.4, 0.5) is 0 Å². The van der Waals surface area contributed by atoms with Crippen LogP contribution >= 0.6 is 23.5 Å². The smallest absolute Gasteiger partial charge is 0.132 e. The maximum atomic E-state index is 10.5. The first-order chi connectivity index (χ1) is 13.1. The Labute approximate surface area is 177 Å². The highest BCUT2D eigenvalue weighted by molar-refractivity contribution is 8.00. The average molecular weight is 411 g/mol. The van der Waals surface area contributed by atoms with E-state index in [0.29, 0.717) is 5.75 Å². The molecule has 156 valence electrons. The minimum atomic E-state index is 0.507. The van der Waals surface area contributed by atoms with Crippen molar-refractivity contribution in [1.82, 2.24) is 0 Å². The van der Waals surface area contributed by atoms with Crippen molar-refractivity contribution in [2.24, 2.45) is 0 Å². The number of unbranched alkanes of at least 4 members (excludes halogenated alkanes) is 10. The largest absolute Gasteiger partial charge is 0.506 e. The van der Waals surface area contributed by atoms with Gasteiger partial charge in [0.1, 0.15) is 5.75 Å². The first kappa shape index (κ1) is 24.8. The van der Waals surface area contributed by atoms with Gasteiger partial charge in [0.05, 0.1) is 4.90 Å². The van der Waals surface area contributed by atoms with E-state index in [0.717, 1.165) is 16.2 Å². The molecule has 0 aliphatic carbocycles. The van der Waals surface area contributed by atoms with Crippen molar-refractivity contribution in [3.05, 3.63) is 17.2 Å². The van der Waals surface area contributed by atoms with Crippen molar-refractivity contribution < 1.29 is 5.11 Å². The minimum absolute atomic E-state index is 0.507. The van der Waals surface area contributed by atoms with Gasteiger partial charge in [-0.05, 0) is 55.4 Å². The molecule has 0 saturated heterocycles. The fourth-order valence-corrected chi connectivity index (χ4v) is 5.50. The number of hydrogen-bond donors (Lipinski definition) is 1. The van der Waals surface area contributed by atoms with Crippen LogP contribution in [0.25, 0.3) is 0 Å². The highest BCUT2D eigenvalue weighted by atomic mass is 32.2. The molecule has 1 rings (SSSR count). The molecule has 0 bridgehead atoms. The third-order valence-electron chi connectivity index (χ3n) is 5.29. The maximum absolute atomic E-state index is 10.5. The zero-order chi connectivity index (χ0) is 19.9. The number of thioether (sulfide) groups is 2. The number of benzene rings is 1. The Morgan fingerprint density at radius 1 is 0.630 bits per heavy atom. The Morgan fingerprint density at radius 3 is 1.59 bits per heavy atom. The van der Waals surface area contributed by atoms with Gasteiger partial charge in [-0.1, -0.05) is 78.1 Å². The lowest BCUT2D eigenvalue weighted by Gasteiger charge is -2.14. The molecule has 0 fully saturated rings. The lowest BCUT2D eigenvalue weighted by Crippen LogP contribution is -1.92. The highest BCUT2D eigenvalue weighted by Gasteiger charge is 2.12. The van der Waals surface area contributed by atoms with Crippen LogP contribution in [0.1, 0.15) is 102 Å². The molecule has 1 nitrogen and oxygen atoms in total. The van der Waals surface area contributed by atoms with Gasteiger partial charge in [0.2, 0.25) is 0 Å². The van der Waals surface area contributed by atoms with E-state index in [1.807, 2.05) is 23.5 Å². The Morgan fingerprint density at radius 2 is 1.07 bits per heavy atom. The lowest BCUT2D eigenvalue weighted by atomic mass is 10.1. The summed E-state index contributed by atoms with van der Waals surface area (Å²) in [6, 6.07) is 2.24. The first-order valence-electron chi connectivity index (χ1n) is 11.2. The molecule has 0 unspecified atom stereocenters. The van der Waals surface area contributed by atoms with Crippen LogP contribution in [0.3, 0.4) is 0 Å². The summed E-state index contributed by atoms with van der Waals surface area (Å²) in [6.07, 6.45) is 16.1. The Bertz CT molecular complexity index is 471. The fourth-order valence-electron chi connectivity index (χ4n) is 3.23. The molecule has 0 amide bonds. The summed E-state index contributed by atoms with van der Waals surface area (Å²) in [5, 5.41) is 10.5. The standard InChI is InChI=1S/C24H42OS2/c1-5-7-9-11-13-15-17-26-22-19-23(24(25)21(4)20(22)3)27-18-16-14-12-10-8-6-2/h19,25H,5-18H2,1-4H3. The van der Waals surface area contributed by atoms with Crippen LogP contribution in [0.2, 0.25) is 0 Å². The highest BCUT2D eigenvalue weighted by Crippen LogP contribution is 2.39. The Hall–Kier alpha value is -0.280. The molecular weight excluding hydrogens is 368 g/mol. The molecule has 0 heterocycles. The van der Waals surface area contributed by atoms with E-state index in [1.165, 1.54) is 93.3 Å². The summed E-state index contributed by atoms with van der Waals surface area (Å²) < 4.78 is 0. The zero-order valence-corrected chi connectivity index (χ0v) is 19.9. The van der Waals surface area contributed by atoms with Crippen LogP contribution in [0, 0.1) is 13.8 Å². The number of rotatable bonds is 16. The van der Waals surface area contributed by atoms with Gasteiger partial charge in [-0.2, -0.15) is 0 Å². The number of hydrogen-bond acceptors (Lipinski definition) is 3. The maximum Gasteiger partial charge on any atom is 0.132 e. The zero-order valence-electron chi connectivity index (χ0n) is 18.2. The van der Waals surface area contributed by atoms with Crippen molar-refractivity contribution in [3.63, 3.8) is 0 Å². The summed E-state index contributed by atoms with van der Waals surface area (Å²) in [6.45, 7) is 8.75. The topological polar surface area (TPSA) is 20.2 Å². The molecule has 27 heavy (non-hydrogen) atoms. The van der Waals surface area contributed by atoms with Gasteiger partial charge in [0, 0.05) is 4.90 Å². The molecule has 0 atom stereocenters. The normalized spacial score (nSPS) is 11.3. The predicted molar refractivity (Wildman–Crippen MR) is 126 cm³/mol. The van der Waals surface area contributed by atoms with Gasteiger partial charge in [-0.3, -0.25) is 0 Å². The summed E-state index contributed by atoms with van der Waals surface area (Å²) >= 11 is 3.81. The summed E-state index contributed by atoms with van der Waals surface area (Å²) in [4.78, 5) is 2.45. The van der Waals surface area contributed by atoms with Gasteiger partial charge in [-0.15, -0.1) is 23.5 Å². The molecular formula is C24H42OS2. The van der Waals surface area contributed by atoms with Crippen LogP contribution in [0.5, 0.6) is 5.75 Å². The lowest BCUT2D eigenvalue weighted by molar-refractivity contribution is 0.456. The molecule has 0 spiro atoms. The third-order valence-corrected chi connectivity index (χ3v) is 7.64. The van der Waals surface area contributed by atoms with E-state index in [9.17, 15) is 5.11 Å². The second kappa shape index (κ2) is 15.6. The van der Waals surface area contributed by atoms with E-state index in [1.54, 1.807) is 0 Å². The molecule has 0 saturated carbocycles. The SMILES string of the molecule is CCCCCCCCSc1cc(SCCCCCCCC)c(O)c(C)c1C. The molecule has 1 aromatic rings. The number of aromatic hydroxyl groups is 1. The number of phenols is 1. The van der Waals surface area contributed by atoms with Gasteiger partial charge >= 0.3 is 0 Å². The van der Waals surface area contributed by atoms with E-state index >= 15 is 0 Å². The second-order valence-corrected chi connectivity index (χ2v) is 9.98. The van der Waals surface area contributed by atoms with Gasteiger partial charge in [0.25, 0.3) is 0 Å². The van der Waals surface area contributed by atoms with E-state index in [4.69, 9.17) is 0 Å². The van der Waals surface area contributed by atoms with Crippen LogP contribution in [0.15, 0.2) is 15.9 Å². The van der Waals surface area contributed by atoms with Crippen molar-refractivity contribution in [2.75, 3.05) is 11.5 Å². The minimum Gasteiger partial charge on any atom is -0.506 e. The van der Waals surface area contributed by atoms with Crippen molar-refractivity contribution in [2.45, 2.75) is 115 Å². The van der Waals surface area contributed by atoms with Crippen molar-refractivity contribution >= 4 is 23.5 Å². The Kier molecular flexibility index (Phi) is 14.3. The molecule has 3 heteroatoms. The monoisotopic (exact) mass is 410 g/mol. The Balaban J connectivity index is 2.42. The molecule has 0 radical (unpaired) electrons. The van der Waals surface area contributed by atoms with E-state index in [2.05, 4.69) is 33.8 Å². The molecule has 1 N–H and O–H groups in total. The third kappa shape index (κ3) is 10.2. The van der Waals surface area contributed by atoms with Gasteiger partial charge < -0.3 is 5.11 Å². The predicted octanol–water partition coefficient (Wildman–Crippen LogP) is 8.91. The summed E-state index contributed by atoms with van der Waals surface area (Å²) in [7, 11) is 0. The fraction of sp³-hybridized carbons (Fsp3) is 0.750. The molecule has 1 aromatic carbocycles. The van der Waals surface area contributed by atoms with E-state index in [-0.39, 0.29) is 0 Å². The average Bonchev–Trinajstić information content (AvgIpc) is 2.67. The second-order valence-electron chi connectivity index (χ2n) is 7.70. The number of phenolic OH excluding ortho intramolecular Hbond substituents is 1. The van der Waals surface area contributed by atoms with Crippen molar-refractivity contribution in [3.8, 4) is 5.75 Å². The van der Waals surface area contributed by atoms with Crippen LogP contribution < -0.4 is 0 Å². The molecule has 0 aliphatic heterocycles. The molecule has 0 aliphatic rings. The van der Waals surface area contributed by atoms with Crippen LogP contribution in [-0.4, -0.2) is 16.6 Å². The van der Waals surface area contributed by atoms with Gasteiger partial charge in [-0.25, -0.2) is 0 Å².